The quantitative estimate of drug-likeness (QED) is 0.539. The predicted molar refractivity (Wildman–Crippen MR) is 131 cm³/mol. The Kier molecular flexibility index (Phi) is 9.04. The lowest BCUT2D eigenvalue weighted by Crippen LogP contribution is -2.52. The maximum Gasteiger partial charge on any atom is 0.328 e. The van der Waals surface area contributed by atoms with Crippen LogP contribution >= 0.6 is 0 Å². The van der Waals surface area contributed by atoms with Crippen molar-refractivity contribution in [1.82, 2.24) is 15.1 Å². The van der Waals surface area contributed by atoms with E-state index in [1.807, 2.05) is 18.5 Å². The summed E-state index contributed by atoms with van der Waals surface area (Å²) in [6, 6.07) is -0.335. The number of aromatic nitrogens is 2. The Morgan fingerprint density at radius 1 is 1.03 bits per heavy atom. The first-order chi connectivity index (χ1) is 16.6. The monoisotopic (exact) mass is 473 g/mol. The first-order valence-corrected chi connectivity index (χ1v) is 13.7. The van der Waals surface area contributed by atoms with Crippen LogP contribution in [0.1, 0.15) is 106 Å². The van der Waals surface area contributed by atoms with Crippen LogP contribution in [0.15, 0.2) is 6.20 Å². The average Bonchev–Trinajstić information content (AvgIpc) is 3.27. The van der Waals surface area contributed by atoms with Crippen LogP contribution in [0, 0.1) is 24.7 Å². The van der Waals surface area contributed by atoms with Crippen molar-refractivity contribution in [3.8, 4) is 0 Å². The van der Waals surface area contributed by atoms with Gasteiger partial charge in [0.1, 0.15) is 6.04 Å². The molecule has 1 aliphatic heterocycles. The van der Waals surface area contributed by atoms with Crippen LogP contribution in [0.5, 0.6) is 0 Å². The maximum absolute atomic E-state index is 13.6. The summed E-state index contributed by atoms with van der Waals surface area (Å²) >= 11 is 0. The molecule has 0 aromatic carbocycles. The molecule has 1 atom stereocenters. The summed E-state index contributed by atoms with van der Waals surface area (Å²) in [6.07, 6.45) is 15.5. The summed E-state index contributed by atoms with van der Waals surface area (Å²) < 4.78 is 13.0. The molecule has 1 aromatic rings. The molecule has 34 heavy (non-hydrogen) atoms. The highest BCUT2D eigenvalue weighted by Crippen LogP contribution is 2.42. The molecule has 0 radical (unpaired) electrons. The van der Waals surface area contributed by atoms with Crippen molar-refractivity contribution >= 4 is 11.9 Å². The number of nitrogens with zero attached hydrogens (tertiary/aromatic N) is 2. The zero-order valence-electron chi connectivity index (χ0n) is 21.1. The largest absolute Gasteiger partial charge is 0.464 e. The first kappa shape index (κ1) is 25.2. The second-order valence-electron chi connectivity index (χ2n) is 10.5. The SMILES string of the molecule is CCOC(=O)C(NC(=O)c1cnn(C2CCOCC2)c1C)C(C1CCCCC1)C1CCCCC1. The van der Waals surface area contributed by atoms with E-state index in [1.165, 1.54) is 38.5 Å². The number of esters is 1. The average molecular weight is 474 g/mol. The molecule has 0 bridgehead atoms. The Hall–Kier alpha value is -1.89. The fourth-order valence-corrected chi connectivity index (χ4v) is 6.67. The molecular weight excluding hydrogens is 430 g/mol. The molecule has 4 rings (SSSR count). The van der Waals surface area contributed by atoms with Crippen LogP contribution in [0.25, 0.3) is 0 Å². The Morgan fingerprint density at radius 3 is 2.18 bits per heavy atom. The van der Waals surface area contributed by atoms with Gasteiger partial charge in [0.2, 0.25) is 0 Å². The highest BCUT2D eigenvalue weighted by Gasteiger charge is 2.42. The van der Waals surface area contributed by atoms with Crippen LogP contribution in [0.4, 0.5) is 0 Å². The van der Waals surface area contributed by atoms with Crippen LogP contribution < -0.4 is 5.32 Å². The number of rotatable bonds is 8. The van der Waals surface area contributed by atoms with Crippen molar-refractivity contribution in [3.05, 3.63) is 17.5 Å². The van der Waals surface area contributed by atoms with Gasteiger partial charge in [-0.15, -0.1) is 0 Å². The fourth-order valence-electron chi connectivity index (χ4n) is 6.67. The van der Waals surface area contributed by atoms with E-state index in [0.29, 0.717) is 24.0 Å². The lowest BCUT2D eigenvalue weighted by Gasteiger charge is -2.41. The van der Waals surface area contributed by atoms with E-state index >= 15 is 0 Å². The summed E-state index contributed by atoms with van der Waals surface area (Å²) in [6.45, 7) is 5.57. The second kappa shape index (κ2) is 12.2. The third kappa shape index (κ3) is 5.84. The van der Waals surface area contributed by atoms with Gasteiger partial charge in [-0.2, -0.15) is 5.10 Å². The van der Waals surface area contributed by atoms with E-state index in [9.17, 15) is 9.59 Å². The fraction of sp³-hybridized carbons (Fsp3) is 0.815. The van der Waals surface area contributed by atoms with E-state index in [2.05, 4.69) is 10.4 Å². The molecule has 7 heteroatoms. The summed E-state index contributed by atoms with van der Waals surface area (Å²) in [5.41, 5.74) is 1.42. The minimum atomic E-state index is -0.593. The van der Waals surface area contributed by atoms with Crippen molar-refractivity contribution in [3.63, 3.8) is 0 Å². The molecule has 2 heterocycles. The Labute approximate surface area is 204 Å². The zero-order chi connectivity index (χ0) is 23.9. The van der Waals surface area contributed by atoms with E-state index in [-0.39, 0.29) is 23.8 Å². The molecule has 7 nitrogen and oxygen atoms in total. The number of nitrogens with one attached hydrogen (secondary N) is 1. The van der Waals surface area contributed by atoms with Crippen molar-refractivity contribution in [2.45, 2.75) is 103 Å². The normalized spacial score (nSPS) is 22.0. The zero-order valence-corrected chi connectivity index (χ0v) is 21.1. The molecule has 190 valence electrons. The van der Waals surface area contributed by atoms with Gasteiger partial charge >= 0.3 is 5.97 Å². The number of hydrogen-bond acceptors (Lipinski definition) is 5. The minimum absolute atomic E-state index is 0.148. The number of amides is 1. The molecule has 1 saturated heterocycles. The van der Waals surface area contributed by atoms with Gasteiger partial charge in [-0.25, -0.2) is 4.79 Å². The third-order valence-electron chi connectivity index (χ3n) is 8.43. The Morgan fingerprint density at radius 2 is 1.62 bits per heavy atom. The number of hydrogen-bond donors (Lipinski definition) is 1. The third-order valence-corrected chi connectivity index (χ3v) is 8.43. The maximum atomic E-state index is 13.6. The molecule has 1 unspecified atom stereocenters. The molecule has 3 fully saturated rings. The Bertz CT molecular complexity index is 787. The molecule has 1 aromatic heterocycles. The highest BCUT2D eigenvalue weighted by atomic mass is 16.5. The van der Waals surface area contributed by atoms with Gasteiger partial charge in [0.25, 0.3) is 5.91 Å². The number of ether oxygens (including phenoxy) is 2. The molecular formula is C27H43N3O4. The van der Waals surface area contributed by atoms with Gasteiger partial charge in [0, 0.05) is 18.9 Å². The Balaban J connectivity index is 1.57. The van der Waals surface area contributed by atoms with Gasteiger partial charge in [0.05, 0.1) is 24.4 Å². The lowest BCUT2D eigenvalue weighted by molar-refractivity contribution is -0.148. The number of carbonyl (C=O) groups is 2. The van der Waals surface area contributed by atoms with Crippen LogP contribution in [-0.4, -0.2) is 47.5 Å². The first-order valence-electron chi connectivity index (χ1n) is 13.7. The van der Waals surface area contributed by atoms with E-state index in [0.717, 1.165) is 57.4 Å². The van der Waals surface area contributed by atoms with Crippen LogP contribution in [0.2, 0.25) is 0 Å². The highest BCUT2D eigenvalue weighted by molar-refractivity contribution is 5.97. The standard InChI is InChI=1S/C27H43N3O4/c1-3-34-27(32)25(24(20-10-6-4-7-11-20)21-12-8-5-9-13-21)29-26(31)23-18-28-30(19(23)2)22-14-16-33-17-15-22/h18,20-22,24-25H,3-17H2,1-2H3,(H,29,31). The van der Waals surface area contributed by atoms with Gasteiger partial charge in [-0.05, 0) is 44.4 Å². The van der Waals surface area contributed by atoms with Gasteiger partial charge in [-0.1, -0.05) is 64.2 Å². The minimum Gasteiger partial charge on any atom is -0.464 e. The van der Waals surface area contributed by atoms with E-state index < -0.39 is 6.04 Å². The topological polar surface area (TPSA) is 82.5 Å². The smallest absolute Gasteiger partial charge is 0.328 e. The second-order valence-corrected chi connectivity index (χ2v) is 10.5. The summed E-state index contributed by atoms with van der Waals surface area (Å²) in [5.74, 6) is 0.613. The molecule has 0 spiro atoms. The van der Waals surface area contributed by atoms with Gasteiger partial charge in [-0.3, -0.25) is 9.48 Å². The molecule has 1 N–H and O–H groups in total. The lowest BCUT2D eigenvalue weighted by atomic mass is 9.66. The summed E-state index contributed by atoms with van der Waals surface area (Å²) in [7, 11) is 0. The van der Waals surface area contributed by atoms with Crippen molar-refractivity contribution in [2.24, 2.45) is 17.8 Å². The summed E-state index contributed by atoms with van der Waals surface area (Å²) in [4.78, 5) is 26.9. The molecule has 1 amide bonds. The van der Waals surface area contributed by atoms with Crippen molar-refractivity contribution < 1.29 is 19.1 Å². The van der Waals surface area contributed by atoms with Crippen molar-refractivity contribution in [2.75, 3.05) is 19.8 Å². The van der Waals surface area contributed by atoms with E-state index in [4.69, 9.17) is 9.47 Å². The molecule has 2 saturated carbocycles. The van der Waals surface area contributed by atoms with Crippen LogP contribution in [-0.2, 0) is 14.3 Å². The molecule has 2 aliphatic carbocycles. The van der Waals surface area contributed by atoms with Gasteiger partial charge < -0.3 is 14.8 Å². The van der Waals surface area contributed by atoms with Crippen molar-refractivity contribution in [1.29, 1.82) is 0 Å². The van der Waals surface area contributed by atoms with Gasteiger partial charge in [0.15, 0.2) is 0 Å². The predicted octanol–water partition coefficient (Wildman–Crippen LogP) is 4.98. The number of carbonyl (C=O) groups excluding carboxylic acids is 2. The van der Waals surface area contributed by atoms with E-state index in [1.54, 1.807) is 6.20 Å². The molecule has 3 aliphatic rings. The van der Waals surface area contributed by atoms with Crippen LogP contribution in [0.3, 0.4) is 0 Å². The summed E-state index contributed by atoms with van der Waals surface area (Å²) in [5, 5.41) is 7.74.